The predicted octanol–water partition coefficient (Wildman–Crippen LogP) is 4.00. The summed E-state index contributed by atoms with van der Waals surface area (Å²) in [6.07, 6.45) is 0. The Hall–Kier alpha value is -0.760. The third kappa shape index (κ3) is 2.38. The molecule has 0 aliphatic heterocycles. The molecule has 0 radical (unpaired) electrons. The van der Waals surface area contributed by atoms with Gasteiger partial charge in [0.05, 0.1) is 11.6 Å². The Balaban J connectivity index is 3.17. The molecule has 0 saturated heterocycles. The van der Waals surface area contributed by atoms with E-state index in [1.54, 1.807) is 6.07 Å². The van der Waals surface area contributed by atoms with Gasteiger partial charge >= 0.3 is 0 Å². The Bertz CT molecular complexity index is 323. The van der Waals surface area contributed by atoms with Crippen molar-refractivity contribution in [2.24, 2.45) is 0 Å². The molecule has 1 aromatic carbocycles. The summed E-state index contributed by atoms with van der Waals surface area (Å²) in [5.41, 5.74) is 0.943. The highest BCUT2D eigenvalue weighted by atomic mass is 35.5. The summed E-state index contributed by atoms with van der Waals surface area (Å²) < 4.78 is 18.5. The van der Waals surface area contributed by atoms with Crippen LogP contribution in [0.5, 0.6) is 5.75 Å². The van der Waals surface area contributed by atoms with Gasteiger partial charge in [0.15, 0.2) is 0 Å². The molecule has 0 atom stereocenters. The number of halogens is 2. The van der Waals surface area contributed by atoms with Gasteiger partial charge in [0.25, 0.3) is 0 Å². The van der Waals surface area contributed by atoms with Gasteiger partial charge in [-0.15, -0.1) is 0 Å². The molecule has 1 aromatic rings. The molecule has 0 spiro atoms. The van der Waals surface area contributed by atoms with E-state index < -0.39 is 5.82 Å². The van der Waals surface area contributed by atoms with E-state index >= 15 is 0 Å². The van der Waals surface area contributed by atoms with E-state index in [1.165, 1.54) is 6.07 Å². The van der Waals surface area contributed by atoms with Crippen molar-refractivity contribution in [3.05, 3.63) is 28.5 Å². The highest BCUT2D eigenvalue weighted by Crippen LogP contribution is 2.31. The van der Waals surface area contributed by atoms with Gasteiger partial charge in [-0.3, -0.25) is 0 Å². The Labute approximate surface area is 88.8 Å². The maximum Gasteiger partial charge on any atom is 0.145 e. The highest BCUT2D eigenvalue weighted by molar-refractivity contribution is 6.30. The van der Waals surface area contributed by atoms with Crippen LogP contribution in [0.4, 0.5) is 4.39 Å². The first-order valence-corrected chi connectivity index (χ1v) is 5.05. The van der Waals surface area contributed by atoms with Crippen LogP contribution in [0.15, 0.2) is 12.1 Å². The number of ether oxygens (including phenoxy) is 1. The minimum absolute atomic E-state index is 0.150. The second-order valence-electron chi connectivity index (χ2n) is 3.39. The first-order valence-electron chi connectivity index (χ1n) is 4.68. The predicted molar refractivity (Wildman–Crippen MR) is 56.7 cm³/mol. The van der Waals surface area contributed by atoms with Crippen LogP contribution in [-0.4, -0.2) is 6.61 Å². The SMILES string of the molecule is CCOc1cc(F)c(Cl)cc1C(C)C. The van der Waals surface area contributed by atoms with Gasteiger partial charge in [-0.25, -0.2) is 4.39 Å². The van der Waals surface area contributed by atoms with Crippen molar-refractivity contribution >= 4 is 11.6 Å². The molecule has 0 aromatic heterocycles. The fraction of sp³-hybridized carbons (Fsp3) is 0.455. The maximum absolute atomic E-state index is 13.1. The fourth-order valence-electron chi connectivity index (χ4n) is 1.28. The average molecular weight is 217 g/mol. The monoisotopic (exact) mass is 216 g/mol. The Morgan fingerprint density at radius 1 is 1.43 bits per heavy atom. The van der Waals surface area contributed by atoms with E-state index in [2.05, 4.69) is 0 Å². The fourth-order valence-corrected chi connectivity index (χ4v) is 1.45. The second-order valence-corrected chi connectivity index (χ2v) is 3.80. The van der Waals surface area contributed by atoms with Crippen molar-refractivity contribution in [1.29, 1.82) is 0 Å². The first kappa shape index (κ1) is 11.3. The summed E-state index contributed by atoms with van der Waals surface area (Å²) in [5, 5.41) is 0.150. The van der Waals surface area contributed by atoms with Gasteiger partial charge in [-0.1, -0.05) is 25.4 Å². The lowest BCUT2D eigenvalue weighted by atomic mass is 10.0. The molecular weight excluding hydrogens is 203 g/mol. The summed E-state index contributed by atoms with van der Waals surface area (Å²) in [4.78, 5) is 0. The van der Waals surface area contributed by atoms with Gasteiger partial charge in [-0.05, 0) is 24.5 Å². The van der Waals surface area contributed by atoms with Crippen LogP contribution < -0.4 is 4.74 Å². The van der Waals surface area contributed by atoms with Crippen LogP contribution >= 0.6 is 11.6 Å². The Morgan fingerprint density at radius 2 is 2.07 bits per heavy atom. The second kappa shape index (κ2) is 4.65. The molecule has 1 nitrogen and oxygen atoms in total. The summed E-state index contributed by atoms with van der Waals surface area (Å²) >= 11 is 5.70. The minimum atomic E-state index is -0.431. The largest absolute Gasteiger partial charge is 0.493 e. The lowest BCUT2D eigenvalue weighted by Gasteiger charge is -2.13. The summed E-state index contributed by atoms with van der Waals surface area (Å²) in [6.45, 7) is 6.44. The van der Waals surface area contributed by atoms with Gasteiger partial charge in [0.1, 0.15) is 11.6 Å². The zero-order chi connectivity index (χ0) is 10.7. The standard InChI is InChI=1S/C11H14ClFO/c1-4-14-11-6-10(13)9(12)5-8(11)7(2)3/h5-7H,4H2,1-3H3. The van der Waals surface area contributed by atoms with Gasteiger partial charge < -0.3 is 4.74 Å². The number of hydrogen-bond donors (Lipinski definition) is 0. The van der Waals surface area contributed by atoms with E-state index in [-0.39, 0.29) is 10.9 Å². The molecule has 0 saturated carbocycles. The summed E-state index contributed by atoms with van der Waals surface area (Å²) in [7, 11) is 0. The Morgan fingerprint density at radius 3 is 2.57 bits per heavy atom. The minimum Gasteiger partial charge on any atom is -0.493 e. The van der Waals surface area contributed by atoms with E-state index in [9.17, 15) is 4.39 Å². The third-order valence-corrected chi connectivity index (χ3v) is 2.26. The maximum atomic E-state index is 13.1. The van der Waals surface area contributed by atoms with Crippen molar-refractivity contribution in [3.63, 3.8) is 0 Å². The molecule has 14 heavy (non-hydrogen) atoms. The quantitative estimate of drug-likeness (QED) is 0.742. The van der Waals surface area contributed by atoms with Crippen molar-refractivity contribution in [1.82, 2.24) is 0 Å². The summed E-state index contributed by atoms with van der Waals surface area (Å²) in [6, 6.07) is 2.98. The molecule has 3 heteroatoms. The zero-order valence-electron chi connectivity index (χ0n) is 8.60. The molecule has 1 rings (SSSR count). The van der Waals surface area contributed by atoms with Crippen LogP contribution in [0.1, 0.15) is 32.3 Å². The molecule has 0 aliphatic carbocycles. The molecule has 0 N–H and O–H groups in total. The zero-order valence-corrected chi connectivity index (χ0v) is 9.36. The molecule has 0 heterocycles. The Kier molecular flexibility index (Phi) is 3.76. The van der Waals surface area contributed by atoms with E-state index in [0.717, 1.165) is 5.56 Å². The van der Waals surface area contributed by atoms with Gasteiger partial charge in [-0.2, -0.15) is 0 Å². The van der Waals surface area contributed by atoms with E-state index in [1.807, 2.05) is 20.8 Å². The lowest BCUT2D eigenvalue weighted by molar-refractivity contribution is 0.333. The third-order valence-electron chi connectivity index (χ3n) is 1.97. The average Bonchev–Trinajstić information content (AvgIpc) is 2.11. The molecule has 0 unspecified atom stereocenters. The van der Waals surface area contributed by atoms with Crippen LogP contribution in [0.25, 0.3) is 0 Å². The molecule has 78 valence electrons. The molecule has 0 bridgehead atoms. The number of rotatable bonds is 3. The molecular formula is C11H14ClFO. The van der Waals surface area contributed by atoms with Crippen LogP contribution in [0, 0.1) is 5.82 Å². The van der Waals surface area contributed by atoms with Crippen LogP contribution in [-0.2, 0) is 0 Å². The summed E-state index contributed by atoms with van der Waals surface area (Å²) in [5.74, 6) is 0.429. The normalized spacial score (nSPS) is 10.7. The lowest BCUT2D eigenvalue weighted by Crippen LogP contribution is -1.99. The van der Waals surface area contributed by atoms with E-state index in [0.29, 0.717) is 12.4 Å². The van der Waals surface area contributed by atoms with Crippen LogP contribution in [0.2, 0.25) is 5.02 Å². The van der Waals surface area contributed by atoms with Crippen molar-refractivity contribution < 1.29 is 9.13 Å². The molecule has 0 amide bonds. The van der Waals surface area contributed by atoms with Crippen molar-refractivity contribution in [2.75, 3.05) is 6.61 Å². The molecule has 0 fully saturated rings. The number of benzene rings is 1. The van der Waals surface area contributed by atoms with Gasteiger partial charge in [0.2, 0.25) is 0 Å². The van der Waals surface area contributed by atoms with Crippen molar-refractivity contribution in [2.45, 2.75) is 26.7 Å². The highest BCUT2D eigenvalue weighted by Gasteiger charge is 2.12. The van der Waals surface area contributed by atoms with Crippen LogP contribution in [0.3, 0.4) is 0 Å². The number of hydrogen-bond acceptors (Lipinski definition) is 1. The van der Waals surface area contributed by atoms with Crippen molar-refractivity contribution in [3.8, 4) is 5.75 Å². The van der Waals surface area contributed by atoms with E-state index in [4.69, 9.17) is 16.3 Å². The van der Waals surface area contributed by atoms with Gasteiger partial charge in [0, 0.05) is 6.07 Å². The smallest absolute Gasteiger partial charge is 0.145 e. The topological polar surface area (TPSA) is 9.23 Å². The first-order chi connectivity index (χ1) is 6.56. The molecule has 0 aliphatic rings.